The van der Waals surface area contributed by atoms with Crippen molar-refractivity contribution in [2.75, 3.05) is 6.54 Å². The largest absolute Gasteiger partial charge is 0.333 e. The van der Waals surface area contributed by atoms with Crippen molar-refractivity contribution in [1.29, 1.82) is 0 Å². The SMILES string of the molecule is Cc1csc(CCl)c1S(=O)(=O)N1CCn2ccnc2C1. The first-order valence-corrected chi connectivity index (χ1v) is 9.02. The molecule has 0 N–H and O–H groups in total. The lowest BCUT2D eigenvalue weighted by Crippen LogP contribution is -2.38. The van der Waals surface area contributed by atoms with Gasteiger partial charge in [0.05, 0.1) is 12.4 Å². The normalized spacial score (nSPS) is 16.3. The Morgan fingerprint density at radius 1 is 1.45 bits per heavy atom. The van der Waals surface area contributed by atoms with E-state index in [1.807, 2.05) is 23.1 Å². The number of aromatic nitrogens is 2. The average molecular weight is 332 g/mol. The predicted molar refractivity (Wildman–Crippen MR) is 78.4 cm³/mol. The fourth-order valence-corrected chi connectivity index (χ4v) is 5.81. The van der Waals surface area contributed by atoms with E-state index in [4.69, 9.17) is 11.6 Å². The highest BCUT2D eigenvalue weighted by Crippen LogP contribution is 2.32. The number of sulfonamides is 1. The molecule has 2 aromatic rings. The molecule has 3 heterocycles. The molecule has 2 aromatic heterocycles. The summed E-state index contributed by atoms with van der Waals surface area (Å²) in [6.07, 6.45) is 3.57. The van der Waals surface area contributed by atoms with Gasteiger partial charge in [0.2, 0.25) is 10.0 Å². The fourth-order valence-electron chi connectivity index (χ4n) is 2.41. The third-order valence-electron chi connectivity index (χ3n) is 3.42. The Morgan fingerprint density at radius 3 is 3.00 bits per heavy atom. The van der Waals surface area contributed by atoms with E-state index in [0.717, 1.165) is 11.4 Å². The molecule has 8 heteroatoms. The summed E-state index contributed by atoms with van der Waals surface area (Å²) in [5.41, 5.74) is 0.763. The molecule has 1 aliphatic rings. The molecule has 5 nitrogen and oxygen atoms in total. The molecule has 0 aromatic carbocycles. The van der Waals surface area contributed by atoms with Crippen LogP contribution in [-0.4, -0.2) is 28.8 Å². The topological polar surface area (TPSA) is 55.2 Å². The van der Waals surface area contributed by atoms with E-state index in [1.165, 1.54) is 15.6 Å². The summed E-state index contributed by atoms with van der Waals surface area (Å²) in [5.74, 6) is 0.996. The van der Waals surface area contributed by atoms with Gasteiger partial charge in [0.25, 0.3) is 0 Å². The molecular weight excluding hydrogens is 318 g/mol. The Kier molecular flexibility index (Phi) is 3.62. The van der Waals surface area contributed by atoms with Gasteiger partial charge in [-0.2, -0.15) is 4.31 Å². The maximum Gasteiger partial charge on any atom is 0.244 e. The number of fused-ring (bicyclic) bond motifs is 1. The van der Waals surface area contributed by atoms with Crippen LogP contribution in [0.15, 0.2) is 22.7 Å². The molecule has 108 valence electrons. The third kappa shape index (κ3) is 2.18. The van der Waals surface area contributed by atoms with Gasteiger partial charge in [-0.05, 0) is 17.9 Å². The highest BCUT2D eigenvalue weighted by atomic mass is 35.5. The number of hydrogen-bond donors (Lipinski definition) is 0. The Hall–Kier alpha value is -0.890. The van der Waals surface area contributed by atoms with Crippen molar-refractivity contribution in [3.8, 4) is 0 Å². The molecule has 0 spiro atoms. The number of thiophene rings is 1. The van der Waals surface area contributed by atoms with E-state index in [2.05, 4.69) is 4.98 Å². The second-order valence-electron chi connectivity index (χ2n) is 4.68. The van der Waals surface area contributed by atoms with E-state index < -0.39 is 10.0 Å². The van der Waals surface area contributed by atoms with Crippen LogP contribution in [0, 0.1) is 6.92 Å². The minimum atomic E-state index is -3.51. The molecule has 0 saturated carbocycles. The molecule has 0 radical (unpaired) electrons. The molecule has 0 saturated heterocycles. The maximum absolute atomic E-state index is 12.8. The van der Waals surface area contributed by atoms with Crippen molar-refractivity contribution < 1.29 is 8.42 Å². The number of halogens is 1. The molecule has 0 atom stereocenters. The standard InChI is InChI=1S/C12H14ClN3O2S2/c1-9-8-19-10(6-13)12(9)20(17,18)16-5-4-15-3-2-14-11(15)7-16/h2-3,8H,4-7H2,1H3. The molecule has 1 aliphatic heterocycles. The number of hydrogen-bond acceptors (Lipinski definition) is 4. The zero-order valence-corrected chi connectivity index (χ0v) is 13.3. The average Bonchev–Trinajstić information content (AvgIpc) is 3.03. The van der Waals surface area contributed by atoms with Crippen LogP contribution in [0.2, 0.25) is 0 Å². The minimum absolute atomic E-state index is 0.218. The van der Waals surface area contributed by atoms with Gasteiger partial charge in [-0.15, -0.1) is 22.9 Å². The Labute approximate surface area is 126 Å². The molecule has 0 bridgehead atoms. The number of aryl methyl sites for hydroxylation is 1. The summed E-state index contributed by atoms with van der Waals surface area (Å²) in [4.78, 5) is 5.28. The van der Waals surface area contributed by atoms with Crippen LogP contribution in [-0.2, 0) is 29.0 Å². The Bertz CT molecular complexity index is 736. The van der Waals surface area contributed by atoms with Crippen molar-refractivity contribution in [1.82, 2.24) is 13.9 Å². The van der Waals surface area contributed by atoms with Crippen LogP contribution in [0.4, 0.5) is 0 Å². The van der Waals surface area contributed by atoms with Gasteiger partial charge in [-0.1, -0.05) is 0 Å². The van der Waals surface area contributed by atoms with Crippen molar-refractivity contribution >= 4 is 33.0 Å². The lowest BCUT2D eigenvalue weighted by atomic mass is 10.3. The predicted octanol–water partition coefficient (Wildman–Crippen LogP) is 2.20. The number of alkyl halides is 1. The van der Waals surface area contributed by atoms with Crippen LogP contribution in [0.1, 0.15) is 16.3 Å². The van der Waals surface area contributed by atoms with Gasteiger partial charge < -0.3 is 4.57 Å². The molecule has 0 fully saturated rings. The Morgan fingerprint density at radius 2 is 2.25 bits per heavy atom. The summed E-state index contributed by atoms with van der Waals surface area (Å²) >= 11 is 7.26. The van der Waals surface area contributed by atoms with Gasteiger partial charge in [0.1, 0.15) is 10.7 Å². The second kappa shape index (κ2) is 5.14. The number of nitrogens with zero attached hydrogens (tertiary/aromatic N) is 3. The summed E-state index contributed by atoms with van der Waals surface area (Å²) in [7, 11) is -3.51. The third-order valence-corrected chi connectivity index (χ3v) is 7.15. The first-order valence-electron chi connectivity index (χ1n) is 6.17. The van der Waals surface area contributed by atoms with Gasteiger partial charge >= 0.3 is 0 Å². The van der Waals surface area contributed by atoms with E-state index in [-0.39, 0.29) is 5.88 Å². The minimum Gasteiger partial charge on any atom is -0.333 e. The lowest BCUT2D eigenvalue weighted by Gasteiger charge is -2.27. The fraction of sp³-hybridized carbons (Fsp3) is 0.417. The summed E-state index contributed by atoms with van der Waals surface area (Å²) < 4.78 is 29.1. The first kappa shape index (κ1) is 14.1. The van der Waals surface area contributed by atoms with E-state index in [1.54, 1.807) is 6.20 Å². The molecule has 0 unspecified atom stereocenters. The van der Waals surface area contributed by atoms with Crippen molar-refractivity contribution in [3.63, 3.8) is 0 Å². The Balaban J connectivity index is 1.99. The number of imidazole rings is 1. The molecule has 3 rings (SSSR count). The van der Waals surface area contributed by atoms with Gasteiger partial charge in [-0.25, -0.2) is 13.4 Å². The van der Waals surface area contributed by atoms with Crippen molar-refractivity contribution in [2.24, 2.45) is 0 Å². The zero-order chi connectivity index (χ0) is 14.3. The van der Waals surface area contributed by atoms with E-state index >= 15 is 0 Å². The molecule has 20 heavy (non-hydrogen) atoms. The maximum atomic E-state index is 12.8. The smallest absolute Gasteiger partial charge is 0.244 e. The van der Waals surface area contributed by atoms with E-state index in [9.17, 15) is 8.42 Å². The second-order valence-corrected chi connectivity index (χ2v) is 7.79. The first-order chi connectivity index (χ1) is 9.54. The van der Waals surface area contributed by atoms with E-state index in [0.29, 0.717) is 29.4 Å². The van der Waals surface area contributed by atoms with Crippen molar-refractivity contribution in [3.05, 3.63) is 34.0 Å². The van der Waals surface area contributed by atoms with Gasteiger partial charge in [0.15, 0.2) is 0 Å². The monoisotopic (exact) mass is 331 g/mol. The lowest BCUT2D eigenvalue weighted by molar-refractivity contribution is 0.335. The van der Waals surface area contributed by atoms with Crippen molar-refractivity contribution in [2.45, 2.75) is 30.8 Å². The quantitative estimate of drug-likeness (QED) is 0.810. The van der Waals surface area contributed by atoms with Crippen LogP contribution in [0.5, 0.6) is 0 Å². The zero-order valence-electron chi connectivity index (χ0n) is 10.9. The van der Waals surface area contributed by atoms with Crippen LogP contribution in [0.25, 0.3) is 0 Å². The van der Waals surface area contributed by atoms with Crippen LogP contribution in [0.3, 0.4) is 0 Å². The highest BCUT2D eigenvalue weighted by Gasteiger charge is 2.32. The molecule has 0 amide bonds. The number of rotatable bonds is 3. The summed E-state index contributed by atoms with van der Waals surface area (Å²) in [6.45, 7) is 3.22. The summed E-state index contributed by atoms with van der Waals surface area (Å²) in [6, 6.07) is 0. The molecule has 0 aliphatic carbocycles. The van der Waals surface area contributed by atoms with Gasteiger partial charge in [0, 0.05) is 30.4 Å². The van der Waals surface area contributed by atoms with Crippen LogP contribution >= 0.6 is 22.9 Å². The highest BCUT2D eigenvalue weighted by molar-refractivity contribution is 7.89. The summed E-state index contributed by atoms with van der Waals surface area (Å²) in [5, 5.41) is 1.84. The van der Waals surface area contributed by atoms with Crippen LogP contribution < -0.4 is 0 Å². The van der Waals surface area contributed by atoms with Gasteiger partial charge in [-0.3, -0.25) is 0 Å². The molecular formula is C12H14ClN3O2S2.